The van der Waals surface area contributed by atoms with Gasteiger partial charge in [-0.25, -0.2) is 9.59 Å². The number of carboxylic acids is 1. The van der Waals surface area contributed by atoms with E-state index in [1.807, 2.05) is 6.92 Å². The van der Waals surface area contributed by atoms with Crippen molar-refractivity contribution in [3.63, 3.8) is 0 Å². The molecule has 0 saturated carbocycles. The number of carbonyl (C=O) groups excluding carboxylic acids is 1. The lowest BCUT2D eigenvalue weighted by Gasteiger charge is -2.13. The van der Waals surface area contributed by atoms with Gasteiger partial charge >= 0.3 is 12.0 Å². The highest BCUT2D eigenvalue weighted by molar-refractivity contribution is 5.82. The molecule has 6 heteroatoms. The molecule has 0 aliphatic heterocycles. The summed E-state index contributed by atoms with van der Waals surface area (Å²) in [7, 11) is 0. The first kappa shape index (κ1) is 15.4. The number of amides is 2. The summed E-state index contributed by atoms with van der Waals surface area (Å²) in [5.41, 5.74) is 0.909. The van der Waals surface area contributed by atoms with Crippen LogP contribution >= 0.6 is 0 Å². The molecule has 17 heavy (non-hydrogen) atoms. The quantitative estimate of drug-likeness (QED) is 0.434. The summed E-state index contributed by atoms with van der Waals surface area (Å²) in [6.07, 6.45) is 0.342. The van der Waals surface area contributed by atoms with Crippen LogP contribution in [0.1, 0.15) is 20.3 Å². The summed E-state index contributed by atoms with van der Waals surface area (Å²) in [6.45, 7) is 8.35. The van der Waals surface area contributed by atoms with E-state index in [0.29, 0.717) is 26.2 Å². The maximum Gasteiger partial charge on any atom is 0.326 e. The average molecular weight is 244 g/mol. The van der Waals surface area contributed by atoms with E-state index in [9.17, 15) is 9.59 Å². The number of hydrogen-bond donors (Lipinski definition) is 3. The van der Waals surface area contributed by atoms with Gasteiger partial charge in [0, 0.05) is 6.54 Å². The van der Waals surface area contributed by atoms with Crippen molar-refractivity contribution in [2.45, 2.75) is 26.3 Å². The Kier molecular flexibility index (Phi) is 7.79. The van der Waals surface area contributed by atoms with Crippen LogP contribution in [0.3, 0.4) is 0 Å². The van der Waals surface area contributed by atoms with Crippen molar-refractivity contribution >= 4 is 12.0 Å². The standard InChI is InChI=1S/C11H20N2O4/c1-4-9(10(14)15)13-11(16)12-5-6-17-7-8(2)3/h9H,2,4-7H2,1,3H3,(H,14,15)(H2,12,13,16)/t9-/m0/s1. The average Bonchev–Trinajstić information content (AvgIpc) is 2.24. The molecule has 0 rings (SSSR count). The molecule has 6 nitrogen and oxygen atoms in total. The lowest BCUT2D eigenvalue weighted by molar-refractivity contribution is -0.139. The minimum absolute atomic E-state index is 0.329. The van der Waals surface area contributed by atoms with Crippen molar-refractivity contribution in [2.24, 2.45) is 0 Å². The van der Waals surface area contributed by atoms with Crippen LogP contribution in [0.25, 0.3) is 0 Å². The van der Waals surface area contributed by atoms with E-state index in [1.165, 1.54) is 0 Å². The van der Waals surface area contributed by atoms with Gasteiger partial charge in [-0.1, -0.05) is 19.1 Å². The minimum Gasteiger partial charge on any atom is -0.480 e. The molecule has 1 atom stereocenters. The molecule has 0 bridgehead atoms. The first-order valence-corrected chi connectivity index (χ1v) is 5.46. The fourth-order valence-corrected chi connectivity index (χ4v) is 1.03. The normalized spacial score (nSPS) is 11.6. The van der Waals surface area contributed by atoms with E-state index >= 15 is 0 Å². The predicted molar refractivity (Wildman–Crippen MR) is 63.9 cm³/mol. The van der Waals surface area contributed by atoms with Crippen molar-refractivity contribution in [3.8, 4) is 0 Å². The third-order valence-corrected chi connectivity index (χ3v) is 1.89. The predicted octanol–water partition coefficient (Wildman–Crippen LogP) is 0.741. The van der Waals surface area contributed by atoms with Gasteiger partial charge in [-0.3, -0.25) is 0 Å². The van der Waals surface area contributed by atoms with Crippen LogP contribution in [-0.2, 0) is 9.53 Å². The molecule has 3 N–H and O–H groups in total. The summed E-state index contributed by atoms with van der Waals surface area (Å²) in [6, 6.07) is -1.36. The highest BCUT2D eigenvalue weighted by Crippen LogP contribution is 1.90. The first-order valence-electron chi connectivity index (χ1n) is 5.46. The Labute approximate surface area is 101 Å². The number of hydrogen-bond acceptors (Lipinski definition) is 3. The Balaban J connectivity index is 3.65. The second kappa shape index (κ2) is 8.58. The lowest BCUT2D eigenvalue weighted by Crippen LogP contribution is -2.46. The molecule has 0 aromatic rings. The zero-order valence-corrected chi connectivity index (χ0v) is 10.3. The van der Waals surface area contributed by atoms with E-state index in [4.69, 9.17) is 9.84 Å². The molecule has 0 unspecified atom stereocenters. The molecule has 2 amide bonds. The third-order valence-electron chi connectivity index (χ3n) is 1.89. The smallest absolute Gasteiger partial charge is 0.326 e. The van der Waals surface area contributed by atoms with Crippen LogP contribution in [0, 0.1) is 0 Å². The number of aliphatic carboxylic acids is 1. The van der Waals surface area contributed by atoms with Crippen LogP contribution < -0.4 is 10.6 Å². The molecule has 0 aliphatic rings. The molecule has 0 aromatic carbocycles. The van der Waals surface area contributed by atoms with E-state index in [2.05, 4.69) is 17.2 Å². The topological polar surface area (TPSA) is 87.7 Å². The molecule has 0 aliphatic carbocycles. The monoisotopic (exact) mass is 244 g/mol. The third kappa shape index (κ3) is 8.27. The lowest BCUT2D eigenvalue weighted by atomic mass is 10.2. The second-order valence-corrected chi connectivity index (χ2v) is 3.71. The minimum atomic E-state index is -1.04. The van der Waals surface area contributed by atoms with Gasteiger partial charge in [0.25, 0.3) is 0 Å². The van der Waals surface area contributed by atoms with Crippen LogP contribution in [0.2, 0.25) is 0 Å². The Hall–Kier alpha value is -1.56. The fraction of sp³-hybridized carbons (Fsp3) is 0.636. The van der Waals surface area contributed by atoms with Crippen molar-refractivity contribution < 1.29 is 19.4 Å². The van der Waals surface area contributed by atoms with E-state index in [1.54, 1.807) is 6.92 Å². The molecule has 0 spiro atoms. The molecule has 0 radical (unpaired) electrons. The number of rotatable bonds is 8. The highest BCUT2D eigenvalue weighted by Gasteiger charge is 2.16. The summed E-state index contributed by atoms with van der Waals surface area (Å²) in [5, 5.41) is 13.6. The van der Waals surface area contributed by atoms with Crippen LogP contribution in [0.15, 0.2) is 12.2 Å². The Morgan fingerprint density at radius 2 is 2.12 bits per heavy atom. The van der Waals surface area contributed by atoms with Crippen molar-refractivity contribution in [1.82, 2.24) is 10.6 Å². The molecule has 0 saturated heterocycles. The number of urea groups is 1. The van der Waals surface area contributed by atoms with Gasteiger partial charge in [0.2, 0.25) is 0 Å². The molecule has 0 fully saturated rings. The number of ether oxygens (including phenoxy) is 1. The SMILES string of the molecule is C=C(C)COCCNC(=O)N[C@@H](CC)C(=O)O. The van der Waals surface area contributed by atoms with Gasteiger partial charge in [0.15, 0.2) is 0 Å². The first-order chi connectivity index (χ1) is 7.97. The van der Waals surface area contributed by atoms with Crippen molar-refractivity contribution in [2.75, 3.05) is 19.8 Å². The van der Waals surface area contributed by atoms with E-state index < -0.39 is 18.0 Å². The van der Waals surface area contributed by atoms with Gasteiger partial charge in [0.1, 0.15) is 6.04 Å². The largest absolute Gasteiger partial charge is 0.480 e. The maximum absolute atomic E-state index is 11.3. The molecular weight excluding hydrogens is 224 g/mol. The van der Waals surface area contributed by atoms with E-state index in [-0.39, 0.29) is 0 Å². The van der Waals surface area contributed by atoms with Crippen LogP contribution in [-0.4, -0.2) is 42.9 Å². The molecular formula is C11H20N2O4. The van der Waals surface area contributed by atoms with Crippen molar-refractivity contribution in [1.29, 1.82) is 0 Å². The zero-order chi connectivity index (χ0) is 13.3. The zero-order valence-electron chi connectivity index (χ0n) is 10.3. The Morgan fingerprint density at radius 1 is 1.47 bits per heavy atom. The van der Waals surface area contributed by atoms with E-state index in [0.717, 1.165) is 5.57 Å². The Morgan fingerprint density at radius 3 is 2.59 bits per heavy atom. The summed E-state index contributed by atoms with van der Waals surface area (Å²) < 4.78 is 5.17. The van der Waals surface area contributed by atoms with Gasteiger partial charge in [-0.05, 0) is 13.3 Å². The van der Waals surface area contributed by atoms with Gasteiger partial charge in [-0.2, -0.15) is 0 Å². The summed E-state index contributed by atoms with van der Waals surface area (Å²) in [4.78, 5) is 21.9. The number of nitrogens with one attached hydrogen (secondary N) is 2. The summed E-state index contributed by atoms with van der Waals surface area (Å²) >= 11 is 0. The van der Waals surface area contributed by atoms with Gasteiger partial charge < -0.3 is 20.5 Å². The van der Waals surface area contributed by atoms with Crippen LogP contribution in [0.5, 0.6) is 0 Å². The fourth-order valence-electron chi connectivity index (χ4n) is 1.03. The molecule has 98 valence electrons. The van der Waals surface area contributed by atoms with Crippen molar-refractivity contribution in [3.05, 3.63) is 12.2 Å². The second-order valence-electron chi connectivity index (χ2n) is 3.71. The number of carboxylic acid groups (broad SMARTS) is 1. The molecule has 0 aromatic heterocycles. The van der Waals surface area contributed by atoms with Gasteiger partial charge in [0.05, 0.1) is 13.2 Å². The maximum atomic E-state index is 11.3. The number of carbonyl (C=O) groups is 2. The Bertz CT molecular complexity index is 279. The van der Waals surface area contributed by atoms with Crippen LogP contribution in [0.4, 0.5) is 4.79 Å². The van der Waals surface area contributed by atoms with Gasteiger partial charge in [-0.15, -0.1) is 0 Å². The highest BCUT2D eigenvalue weighted by atomic mass is 16.5. The molecule has 0 heterocycles. The summed E-state index contributed by atoms with van der Waals surface area (Å²) in [5.74, 6) is -1.04.